The summed E-state index contributed by atoms with van der Waals surface area (Å²) in [4.78, 5) is 8.82. The molecule has 0 unspecified atom stereocenters. The fourth-order valence-electron chi connectivity index (χ4n) is 1.55. The number of aromatic amines is 1. The molecule has 0 aliphatic carbocycles. The quantitative estimate of drug-likeness (QED) is 0.737. The van der Waals surface area contributed by atoms with Crippen LogP contribution in [0.1, 0.15) is 26.6 Å². The highest BCUT2D eigenvalue weighted by Crippen LogP contribution is 2.19. The molecule has 0 spiro atoms. The Bertz CT molecular complexity index is 476. The molecule has 0 fully saturated rings. The van der Waals surface area contributed by atoms with Gasteiger partial charge in [-0.25, -0.2) is 9.97 Å². The first-order valence-electron chi connectivity index (χ1n) is 5.35. The van der Waals surface area contributed by atoms with Crippen LogP contribution >= 0.6 is 0 Å². The number of aromatic nitrogens is 4. The minimum atomic E-state index is -0.00113. The molecule has 0 atom stereocenters. The standard InChI is InChI=1S/C12H16N4/c1-12(2,3)11-13-7-9(8-14-11)10-5-6-15-16(10)4/h5-8H,1-4H3/p+1. The third-order valence-corrected chi connectivity index (χ3v) is 2.49. The first-order valence-corrected chi connectivity index (χ1v) is 5.35. The molecular weight excluding hydrogens is 200 g/mol. The number of hydrogen-bond donors (Lipinski definition) is 1. The predicted molar refractivity (Wildman–Crippen MR) is 61.7 cm³/mol. The van der Waals surface area contributed by atoms with Crippen LogP contribution in [0.4, 0.5) is 0 Å². The Balaban J connectivity index is 2.37. The summed E-state index contributed by atoms with van der Waals surface area (Å²) in [5, 5.41) is 3.07. The summed E-state index contributed by atoms with van der Waals surface area (Å²) in [5.41, 5.74) is 2.11. The molecule has 2 aromatic rings. The molecule has 0 bridgehead atoms. The molecule has 84 valence electrons. The van der Waals surface area contributed by atoms with Crippen LogP contribution in [0.25, 0.3) is 11.3 Å². The summed E-state index contributed by atoms with van der Waals surface area (Å²) in [5.74, 6) is 0.870. The second-order valence-electron chi connectivity index (χ2n) is 4.95. The largest absolute Gasteiger partial charge is 0.241 e. The zero-order valence-corrected chi connectivity index (χ0v) is 10.2. The van der Waals surface area contributed by atoms with E-state index in [0.29, 0.717) is 0 Å². The normalized spacial score (nSPS) is 11.8. The van der Waals surface area contributed by atoms with Gasteiger partial charge in [-0.3, -0.25) is 0 Å². The second-order valence-corrected chi connectivity index (χ2v) is 4.95. The van der Waals surface area contributed by atoms with Gasteiger partial charge in [-0.1, -0.05) is 20.8 Å². The lowest BCUT2D eigenvalue weighted by molar-refractivity contribution is -0.716. The number of aryl methyl sites for hydroxylation is 1. The summed E-state index contributed by atoms with van der Waals surface area (Å²) >= 11 is 0. The van der Waals surface area contributed by atoms with E-state index in [-0.39, 0.29) is 5.41 Å². The Morgan fingerprint density at radius 2 is 1.81 bits per heavy atom. The fourth-order valence-corrected chi connectivity index (χ4v) is 1.55. The third-order valence-electron chi connectivity index (χ3n) is 2.49. The highest BCUT2D eigenvalue weighted by atomic mass is 15.3. The van der Waals surface area contributed by atoms with Crippen molar-refractivity contribution in [2.24, 2.45) is 7.05 Å². The van der Waals surface area contributed by atoms with Crippen LogP contribution in [0, 0.1) is 0 Å². The molecule has 4 heteroatoms. The zero-order valence-electron chi connectivity index (χ0n) is 10.2. The van der Waals surface area contributed by atoms with E-state index in [1.807, 2.05) is 36.4 Å². The molecule has 2 aromatic heterocycles. The number of rotatable bonds is 1. The summed E-state index contributed by atoms with van der Waals surface area (Å²) in [6.07, 6.45) is 5.64. The average Bonchev–Trinajstić information content (AvgIpc) is 2.63. The minimum absolute atomic E-state index is 0.00113. The van der Waals surface area contributed by atoms with Gasteiger partial charge >= 0.3 is 0 Å². The Labute approximate surface area is 95.4 Å². The van der Waals surface area contributed by atoms with Gasteiger partial charge in [0.2, 0.25) is 5.69 Å². The van der Waals surface area contributed by atoms with Crippen LogP contribution in [0.3, 0.4) is 0 Å². The fraction of sp³-hybridized carbons (Fsp3) is 0.417. The molecule has 16 heavy (non-hydrogen) atoms. The van der Waals surface area contributed by atoms with Crippen molar-refractivity contribution in [3.05, 3.63) is 30.5 Å². The zero-order chi connectivity index (χ0) is 11.8. The van der Waals surface area contributed by atoms with Crippen molar-refractivity contribution in [3.63, 3.8) is 0 Å². The SMILES string of the molecule is C[n+]1[nH]ccc1-c1cnc(C(C)(C)C)nc1. The van der Waals surface area contributed by atoms with Crippen molar-refractivity contribution in [2.75, 3.05) is 0 Å². The molecular formula is C12H17N4+. The molecule has 2 heterocycles. The van der Waals surface area contributed by atoms with E-state index in [1.165, 1.54) is 0 Å². The predicted octanol–water partition coefficient (Wildman–Crippen LogP) is 1.59. The first kappa shape index (κ1) is 10.8. The monoisotopic (exact) mass is 217 g/mol. The van der Waals surface area contributed by atoms with Gasteiger partial charge in [0.1, 0.15) is 5.82 Å². The van der Waals surface area contributed by atoms with E-state index >= 15 is 0 Å². The van der Waals surface area contributed by atoms with Crippen LogP contribution in [0.2, 0.25) is 0 Å². The Morgan fingerprint density at radius 3 is 2.25 bits per heavy atom. The maximum atomic E-state index is 4.41. The van der Waals surface area contributed by atoms with E-state index in [4.69, 9.17) is 0 Å². The molecule has 1 N–H and O–H groups in total. The van der Waals surface area contributed by atoms with Crippen LogP contribution in [0.5, 0.6) is 0 Å². The molecule has 0 amide bonds. The molecule has 0 saturated heterocycles. The van der Waals surface area contributed by atoms with Crippen molar-refractivity contribution in [1.29, 1.82) is 0 Å². The summed E-state index contributed by atoms with van der Waals surface area (Å²) < 4.78 is 1.94. The van der Waals surface area contributed by atoms with Gasteiger partial charge in [0.25, 0.3) is 0 Å². The van der Waals surface area contributed by atoms with Gasteiger partial charge in [-0.05, 0) is 0 Å². The van der Waals surface area contributed by atoms with Crippen molar-refractivity contribution in [2.45, 2.75) is 26.2 Å². The van der Waals surface area contributed by atoms with Gasteiger partial charge in [-0.15, -0.1) is 4.68 Å². The van der Waals surface area contributed by atoms with Gasteiger partial charge in [0, 0.05) is 23.9 Å². The summed E-state index contributed by atoms with van der Waals surface area (Å²) in [7, 11) is 1.97. The van der Waals surface area contributed by atoms with Gasteiger partial charge < -0.3 is 0 Å². The highest BCUT2D eigenvalue weighted by molar-refractivity contribution is 5.52. The number of nitrogens with one attached hydrogen (secondary N) is 1. The average molecular weight is 217 g/mol. The van der Waals surface area contributed by atoms with E-state index in [9.17, 15) is 0 Å². The Hall–Kier alpha value is -1.71. The van der Waals surface area contributed by atoms with E-state index in [0.717, 1.165) is 17.1 Å². The van der Waals surface area contributed by atoms with E-state index in [2.05, 4.69) is 35.8 Å². The highest BCUT2D eigenvalue weighted by Gasteiger charge is 2.18. The maximum Gasteiger partial charge on any atom is 0.241 e. The van der Waals surface area contributed by atoms with E-state index in [1.54, 1.807) is 0 Å². The van der Waals surface area contributed by atoms with Crippen LogP contribution in [-0.2, 0) is 12.5 Å². The van der Waals surface area contributed by atoms with Crippen molar-refractivity contribution >= 4 is 0 Å². The lowest BCUT2D eigenvalue weighted by Crippen LogP contribution is -2.31. The second kappa shape index (κ2) is 3.70. The Morgan fingerprint density at radius 1 is 1.19 bits per heavy atom. The summed E-state index contributed by atoms with van der Waals surface area (Å²) in [6.45, 7) is 6.33. The smallest absolute Gasteiger partial charge is 0.240 e. The van der Waals surface area contributed by atoms with Gasteiger partial charge in [-0.2, -0.15) is 5.10 Å². The van der Waals surface area contributed by atoms with E-state index < -0.39 is 0 Å². The van der Waals surface area contributed by atoms with Crippen LogP contribution in [0.15, 0.2) is 24.7 Å². The van der Waals surface area contributed by atoms with Crippen molar-refractivity contribution < 1.29 is 4.68 Å². The number of hydrogen-bond acceptors (Lipinski definition) is 2. The van der Waals surface area contributed by atoms with Gasteiger partial charge in [0.15, 0.2) is 7.05 Å². The lowest BCUT2D eigenvalue weighted by atomic mass is 9.96. The lowest BCUT2D eigenvalue weighted by Gasteiger charge is -2.15. The number of nitrogens with zero attached hydrogens (tertiary/aromatic N) is 3. The molecule has 0 radical (unpaired) electrons. The van der Waals surface area contributed by atoms with Gasteiger partial charge in [0.05, 0.1) is 11.8 Å². The third kappa shape index (κ3) is 1.96. The molecule has 0 saturated carbocycles. The topological polar surface area (TPSA) is 45.5 Å². The first-order chi connectivity index (χ1) is 7.48. The Kier molecular flexibility index (Phi) is 2.50. The van der Waals surface area contributed by atoms with Crippen LogP contribution in [-0.4, -0.2) is 15.1 Å². The molecule has 0 aromatic carbocycles. The molecule has 0 aliphatic heterocycles. The van der Waals surface area contributed by atoms with Crippen LogP contribution < -0.4 is 4.68 Å². The molecule has 0 aliphatic rings. The van der Waals surface area contributed by atoms with Crippen molar-refractivity contribution in [3.8, 4) is 11.3 Å². The maximum absolute atomic E-state index is 4.41. The number of H-pyrrole nitrogens is 1. The minimum Gasteiger partial charge on any atom is -0.240 e. The summed E-state index contributed by atoms with van der Waals surface area (Å²) in [6, 6.07) is 2.01. The molecule has 2 rings (SSSR count). The molecule has 4 nitrogen and oxygen atoms in total. The van der Waals surface area contributed by atoms with Crippen molar-refractivity contribution in [1.82, 2.24) is 15.1 Å².